The zero-order chi connectivity index (χ0) is 39.0. The fourth-order valence-electron chi connectivity index (χ4n) is 9.25. The molecule has 7 atom stereocenters. The number of carbonyl (C=O) groups excluding carboxylic acids is 3. The summed E-state index contributed by atoms with van der Waals surface area (Å²) in [5.74, 6) is -0.467. The van der Waals surface area contributed by atoms with Crippen molar-refractivity contribution in [1.29, 1.82) is 0 Å². The topological polar surface area (TPSA) is 128 Å². The monoisotopic (exact) mass is 780 g/mol. The molecule has 7 fully saturated rings. The molecule has 316 valence electrons. The van der Waals surface area contributed by atoms with Crippen molar-refractivity contribution in [3.63, 3.8) is 0 Å². The van der Waals surface area contributed by atoms with E-state index in [0.717, 1.165) is 70.1 Å². The second-order valence-corrected chi connectivity index (χ2v) is 16.8. The highest BCUT2D eigenvalue weighted by molar-refractivity contribution is 5.73. The molecule has 0 N–H and O–H groups in total. The van der Waals surface area contributed by atoms with E-state index in [1.54, 1.807) is 0 Å². The van der Waals surface area contributed by atoms with E-state index in [9.17, 15) is 14.4 Å². The van der Waals surface area contributed by atoms with Gasteiger partial charge in [-0.2, -0.15) is 0 Å². The van der Waals surface area contributed by atoms with Crippen LogP contribution in [0.1, 0.15) is 163 Å². The molecular weight excluding hydrogens is 706 g/mol. The predicted molar refractivity (Wildman–Crippen MR) is 206 cm³/mol. The summed E-state index contributed by atoms with van der Waals surface area (Å²) in [5.41, 5.74) is -0.0329. The van der Waals surface area contributed by atoms with Crippen molar-refractivity contribution in [2.45, 2.75) is 212 Å². The molecule has 0 radical (unpaired) electrons. The van der Waals surface area contributed by atoms with Gasteiger partial charge in [-0.1, -0.05) is 91.9 Å². The predicted octanol–water partition coefficient (Wildman–Crippen LogP) is 7.76. The minimum Gasteiger partial charge on any atom is -0.456 e. The first kappa shape index (κ1) is 44.3. The summed E-state index contributed by atoms with van der Waals surface area (Å²) in [4.78, 5) is 42.5. The van der Waals surface area contributed by atoms with Crippen LogP contribution in [-0.2, 0) is 52.3 Å². The van der Waals surface area contributed by atoms with E-state index in [1.165, 1.54) is 51.4 Å². The molecule has 0 aromatic heterocycles. The molecule has 12 heteroatoms. The summed E-state index contributed by atoms with van der Waals surface area (Å²) in [6.45, 7) is 9.97. The molecule has 3 aliphatic heterocycles. The average molecular weight is 780 g/mol. The van der Waals surface area contributed by atoms with E-state index >= 15 is 0 Å². The molecule has 0 spiro atoms. The molecule has 6 bridgehead atoms. The maximum atomic E-state index is 13.7. The molecule has 4 saturated carbocycles. The Hall–Kier alpha value is -1.83. The highest BCUT2D eigenvalue weighted by Gasteiger charge is 2.66. The van der Waals surface area contributed by atoms with Gasteiger partial charge in [-0.05, 0) is 75.8 Å². The minimum absolute atomic E-state index is 0.0329. The Bertz CT molecular complexity index is 1130. The van der Waals surface area contributed by atoms with Gasteiger partial charge in [0.1, 0.15) is 18.3 Å². The van der Waals surface area contributed by atoms with Crippen LogP contribution in [0.3, 0.4) is 0 Å². The molecule has 0 amide bonds. The number of unbranched alkanes of at least 4 members (excludes halogenated alkanes) is 10. The van der Waals surface area contributed by atoms with E-state index in [4.69, 9.17) is 37.9 Å². The van der Waals surface area contributed by atoms with Crippen LogP contribution in [0.5, 0.6) is 0 Å². The quantitative estimate of drug-likeness (QED) is 0.0333. The average Bonchev–Trinajstić information content (AvgIpc) is 3.19. The van der Waals surface area contributed by atoms with Gasteiger partial charge >= 0.3 is 17.9 Å². The Morgan fingerprint density at radius 2 is 1.07 bits per heavy atom. The van der Waals surface area contributed by atoms with Gasteiger partial charge in [0.25, 0.3) is 6.48 Å². The second-order valence-electron chi connectivity index (χ2n) is 16.8. The lowest BCUT2D eigenvalue weighted by molar-refractivity contribution is -0.480. The Morgan fingerprint density at radius 1 is 0.618 bits per heavy atom. The number of esters is 3. The lowest BCUT2D eigenvalue weighted by Gasteiger charge is -2.57. The van der Waals surface area contributed by atoms with E-state index < -0.39 is 61.3 Å². The molecule has 12 nitrogen and oxygen atoms in total. The molecule has 4 aliphatic carbocycles. The van der Waals surface area contributed by atoms with Crippen molar-refractivity contribution in [1.82, 2.24) is 4.90 Å². The van der Waals surface area contributed by atoms with E-state index in [-0.39, 0.29) is 24.3 Å². The maximum absolute atomic E-state index is 13.7. The molecule has 3 heterocycles. The number of hydrogen-bond donors (Lipinski definition) is 0. The highest BCUT2D eigenvalue weighted by atomic mass is 16.9. The molecule has 0 unspecified atom stereocenters. The SMILES string of the molecule is CCCCCCCCOC(CCC(=O)O[C@H]1[C@H]2O[C@H]3O[C@@H]1[C@@H](OC(=O)CN(CC)CC)[C@H](O3)[C@H]2OC(=O)CC12CCC(CC1)CC2)OCCCCCCCC. The minimum atomic E-state index is -1.04. The Kier molecular flexibility index (Phi) is 18.5. The number of carbonyl (C=O) groups is 3. The Balaban J connectivity index is 1.21. The molecule has 0 aromatic carbocycles. The number of nitrogens with zero attached hydrogens (tertiary/aromatic N) is 1. The van der Waals surface area contributed by atoms with Crippen LogP contribution in [-0.4, -0.2) is 105 Å². The van der Waals surface area contributed by atoms with Crippen LogP contribution < -0.4 is 0 Å². The number of likely N-dealkylation sites (N-methyl/N-ethyl adjacent to an activating group) is 1. The summed E-state index contributed by atoms with van der Waals surface area (Å²) in [7, 11) is 0. The molecule has 3 saturated heterocycles. The fraction of sp³-hybridized carbons (Fsp3) is 0.930. The second kappa shape index (κ2) is 22.9. The van der Waals surface area contributed by atoms with Crippen molar-refractivity contribution >= 4 is 17.9 Å². The molecule has 55 heavy (non-hydrogen) atoms. The van der Waals surface area contributed by atoms with Gasteiger partial charge in [-0.25, -0.2) is 0 Å². The van der Waals surface area contributed by atoms with E-state index in [2.05, 4.69) is 13.8 Å². The summed E-state index contributed by atoms with van der Waals surface area (Å²) >= 11 is 0. The first-order valence-electron chi connectivity index (χ1n) is 22.3. The van der Waals surface area contributed by atoms with Crippen LogP contribution in [0.15, 0.2) is 0 Å². The van der Waals surface area contributed by atoms with Crippen molar-refractivity contribution in [3.05, 3.63) is 0 Å². The summed E-state index contributed by atoms with van der Waals surface area (Å²) < 4.78 is 48.9. The van der Waals surface area contributed by atoms with Gasteiger partial charge in [-0.15, -0.1) is 0 Å². The maximum Gasteiger partial charge on any atom is 0.320 e. The van der Waals surface area contributed by atoms with Gasteiger partial charge < -0.3 is 37.9 Å². The Labute approximate surface area is 330 Å². The van der Waals surface area contributed by atoms with Crippen LogP contribution in [0, 0.1) is 11.3 Å². The molecular formula is C43H73NO11. The number of ether oxygens (including phenoxy) is 8. The fourth-order valence-corrected chi connectivity index (χ4v) is 9.25. The molecule has 7 rings (SSSR count). The van der Waals surface area contributed by atoms with Crippen molar-refractivity contribution in [2.24, 2.45) is 11.3 Å². The van der Waals surface area contributed by atoms with Crippen molar-refractivity contribution in [2.75, 3.05) is 32.8 Å². The molecule has 7 aliphatic rings. The first-order valence-corrected chi connectivity index (χ1v) is 22.3. The zero-order valence-electron chi connectivity index (χ0n) is 34.5. The van der Waals surface area contributed by atoms with Crippen LogP contribution in [0.4, 0.5) is 0 Å². The first-order chi connectivity index (χ1) is 26.8. The van der Waals surface area contributed by atoms with Crippen molar-refractivity contribution in [3.8, 4) is 0 Å². The Morgan fingerprint density at radius 3 is 1.56 bits per heavy atom. The number of fused-ring (bicyclic) bond motifs is 3. The zero-order valence-corrected chi connectivity index (χ0v) is 34.5. The smallest absolute Gasteiger partial charge is 0.320 e. The summed E-state index contributed by atoms with van der Waals surface area (Å²) in [6, 6.07) is 0. The van der Waals surface area contributed by atoms with Crippen LogP contribution in [0.25, 0.3) is 0 Å². The summed E-state index contributed by atoms with van der Waals surface area (Å²) in [6.07, 6.45) is 15.4. The third-order valence-electron chi connectivity index (χ3n) is 12.8. The van der Waals surface area contributed by atoms with Gasteiger partial charge in [0.2, 0.25) is 0 Å². The third-order valence-corrected chi connectivity index (χ3v) is 12.8. The standard InChI is InChI=1S/C43H73NO11/c1-5-9-11-13-15-17-27-48-35(49-28-18-16-14-12-10-6-2)20-19-32(45)50-36-39-37(51-33(46)29-43-24-21-31(22-25-43)23-26-43)41-38(40(36)54-42(53-39)55-41)52-34(47)30-44(7-3)8-4/h31,35-42H,5-30H2,1-4H3/t31?,36-,37-,38+,39+,40-,41+,42-,43?/m0/s1. The van der Waals surface area contributed by atoms with Gasteiger partial charge in [0.05, 0.1) is 19.4 Å². The normalized spacial score (nSPS) is 30.7. The van der Waals surface area contributed by atoms with Crippen LogP contribution in [0.2, 0.25) is 0 Å². The number of hydrogen-bond acceptors (Lipinski definition) is 12. The third kappa shape index (κ3) is 13.1. The molecule has 0 aromatic rings. The highest BCUT2D eigenvalue weighted by Crippen LogP contribution is 2.52. The lowest BCUT2D eigenvalue weighted by atomic mass is 9.59. The largest absolute Gasteiger partial charge is 0.456 e. The van der Waals surface area contributed by atoms with Crippen LogP contribution >= 0.6 is 0 Å². The summed E-state index contributed by atoms with van der Waals surface area (Å²) in [5, 5.41) is 0. The van der Waals surface area contributed by atoms with Gasteiger partial charge in [0, 0.05) is 19.6 Å². The van der Waals surface area contributed by atoms with Gasteiger partial charge in [0.15, 0.2) is 24.6 Å². The lowest BCUT2D eigenvalue weighted by Crippen LogP contribution is -2.77. The number of rotatable bonds is 28. The van der Waals surface area contributed by atoms with Gasteiger partial charge in [-0.3, -0.25) is 19.3 Å². The van der Waals surface area contributed by atoms with E-state index in [0.29, 0.717) is 39.1 Å². The van der Waals surface area contributed by atoms with Crippen molar-refractivity contribution < 1.29 is 52.3 Å². The van der Waals surface area contributed by atoms with E-state index in [1.807, 2.05) is 18.7 Å².